The molecule has 0 aliphatic heterocycles. The second-order valence-corrected chi connectivity index (χ2v) is 9.71. The molecule has 8 heteroatoms. The van der Waals surface area contributed by atoms with Gasteiger partial charge in [-0.25, -0.2) is 4.98 Å². The van der Waals surface area contributed by atoms with Crippen molar-refractivity contribution in [3.8, 4) is 11.3 Å². The van der Waals surface area contributed by atoms with E-state index in [1.807, 2.05) is 62.4 Å². The zero-order valence-corrected chi connectivity index (χ0v) is 19.5. The molecule has 0 amide bonds. The van der Waals surface area contributed by atoms with Crippen molar-refractivity contribution in [3.05, 3.63) is 83.8 Å². The number of rotatable bonds is 10. The van der Waals surface area contributed by atoms with Gasteiger partial charge >= 0.3 is 0 Å². The first kappa shape index (κ1) is 24.6. The summed E-state index contributed by atoms with van der Waals surface area (Å²) in [4.78, 5) is 9.40. The van der Waals surface area contributed by atoms with Crippen LogP contribution in [0.4, 0.5) is 0 Å². The maximum absolute atomic E-state index is 12.2. The van der Waals surface area contributed by atoms with Gasteiger partial charge in [-0.15, -0.1) is 0 Å². The first-order chi connectivity index (χ1) is 15.9. The molecule has 0 saturated heterocycles. The molecular formula is C25H28N4O3S. The smallest absolute Gasteiger partial charge is 0.152 e. The topological polar surface area (TPSA) is 125 Å². The van der Waals surface area contributed by atoms with E-state index in [2.05, 4.69) is 15.3 Å². The largest absolute Gasteiger partial charge is 0.611 e. The Balaban J connectivity index is 1.73. The van der Waals surface area contributed by atoms with Crippen LogP contribution in [-0.2, 0) is 17.7 Å². The number of nitrogens with one attached hydrogen (secondary N) is 2. The second kappa shape index (κ2) is 11.7. The SMILES string of the molecule is CC(C)[S+]([O-])c1ccc(-c2cncc(/C(O)=C/C(=N)c3ccc(CNCCO)cc3)n2)cc1. The third kappa shape index (κ3) is 6.72. The van der Waals surface area contributed by atoms with Crippen LogP contribution in [0.2, 0.25) is 0 Å². The van der Waals surface area contributed by atoms with Gasteiger partial charge in [-0.1, -0.05) is 24.3 Å². The van der Waals surface area contributed by atoms with Crippen LogP contribution in [0.25, 0.3) is 17.0 Å². The van der Waals surface area contributed by atoms with Gasteiger partial charge in [0.1, 0.15) is 16.7 Å². The maximum atomic E-state index is 12.2. The van der Waals surface area contributed by atoms with Crippen molar-refractivity contribution < 1.29 is 14.8 Å². The number of hydrogen-bond acceptors (Lipinski definition) is 7. The minimum atomic E-state index is -1.06. The van der Waals surface area contributed by atoms with Crippen LogP contribution in [-0.4, -0.2) is 48.8 Å². The van der Waals surface area contributed by atoms with Gasteiger partial charge in [0.2, 0.25) is 0 Å². The summed E-state index contributed by atoms with van der Waals surface area (Å²) in [6.45, 7) is 5.07. The van der Waals surface area contributed by atoms with Crippen LogP contribution in [0.15, 0.2) is 71.9 Å². The van der Waals surface area contributed by atoms with Gasteiger partial charge in [0.05, 0.1) is 30.4 Å². The lowest BCUT2D eigenvalue weighted by Crippen LogP contribution is -2.17. The van der Waals surface area contributed by atoms with Crippen molar-refractivity contribution in [3.63, 3.8) is 0 Å². The van der Waals surface area contributed by atoms with Crippen LogP contribution < -0.4 is 5.32 Å². The lowest BCUT2D eigenvalue weighted by atomic mass is 10.1. The predicted molar refractivity (Wildman–Crippen MR) is 132 cm³/mol. The maximum Gasteiger partial charge on any atom is 0.152 e. The summed E-state index contributed by atoms with van der Waals surface area (Å²) in [5, 5.41) is 30.8. The average molecular weight is 465 g/mol. The Hall–Kier alpha value is -3.04. The average Bonchev–Trinajstić information content (AvgIpc) is 2.84. The molecule has 7 nitrogen and oxygen atoms in total. The minimum absolute atomic E-state index is 0.0375. The molecule has 1 heterocycles. The molecule has 4 N–H and O–H groups in total. The molecule has 1 atom stereocenters. The van der Waals surface area contributed by atoms with E-state index in [1.54, 1.807) is 6.20 Å². The summed E-state index contributed by atoms with van der Waals surface area (Å²) in [6, 6.07) is 14.7. The normalized spacial score (nSPS) is 12.7. The fourth-order valence-corrected chi connectivity index (χ4v) is 4.02. The molecule has 0 aliphatic carbocycles. The molecule has 3 aromatic rings. The quantitative estimate of drug-likeness (QED) is 0.157. The van der Waals surface area contributed by atoms with Crippen LogP contribution in [0.1, 0.15) is 30.7 Å². The molecule has 1 aromatic heterocycles. The van der Waals surface area contributed by atoms with E-state index in [0.717, 1.165) is 16.0 Å². The molecule has 0 spiro atoms. The number of allylic oxidation sites excluding steroid dienone is 1. The standard InChI is InChI=1S/C25H28N4O3S/c1-17(2)33(32)21-9-7-20(8-10-21)23-15-28-16-24(29-23)25(31)13-22(26)19-5-3-18(4-6-19)14-27-11-12-30/h3-10,13,15-17,26-27,30-31H,11-12,14H2,1-2H3/b25-13-,26-22?. The van der Waals surface area contributed by atoms with Gasteiger partial charge < -0.3 is 25.5 Å². The highest BCUT2D eigenvalue weighted by molar-refractivity contribution is 7.92. The zero-order chi connectivity index (χ0) is 23.8. The van der Waals surface area contributed by atoms with E-state index < -0.39 is 11.2 Å². The molecule has 0 aliphatic rings. The van der Waals surface area contributed by atoms with E-state index in [1.165, 1.54) is 12.3 Å². The number of aliphatic hydroxyl groups excluding tert-OH is 2. The van der Waals surface area contributed by atoms with Gasteiger partial charge in [0.25, 0.3) is 0 Å². The second-order valence-electron chi connectivity index (χ2n) is 7.70. The van der Waals surface area contributed by atoms with Gasteiger partial charge in [-0.05, 0) is 60.4 Å². The molecule has 33 heavy (non-hydrogen) atoms. The number of aliphatic hydroxyl groups is 2. The molecule has 3 rings (SSSR count). The van der Waals surface area contributed by atoms with Crippen molar-refractivity contribution in [2.75, 3.05) is 13.2 Å². The Bertz CT molecular complexity index is 1100. The molecule has 0 radical (unpaired) electrons. The van der Waals surface area contributed by atoms with Gasteiger partial charge in [0, 0.05) is 24.7 Å². The summed E-state index contributed by atoms with van der Waals surface area (Å²) in [5.74, 6) is -0.152. The Labute approximate surface area is 196 Å². The van der Waals surface area contributed by atoms with Gasteiger partial charge in [-0.3, -0.25) is 4.98 Å². The van der Waals surface area contributed by atoms with Crippen LogP contribution in [0.3, 0.4) is 0 Å². The van der Waals surface area contributed by atoms with Crippen LogP contribution in [0, 0.1) is 5.41 Å². The van der Waals surface area contributed by atoms with Crippen molar-refractivity contribution in [2.45, 2.75) is 30.5 Å². The van der Waals surface area contributed by atoms with E-state index in [0.29, 0.717) is 24.3 Å². The van der Waals surface area contributed by atoms with Crippen molar-refractivity contribution in [1.29, 1.82) is 5.41 Å². The zero-order valence-electron chi connectivity index (χ0n) is 18.7. The Morgan fingerprint density at radius 1 is 1.12 bits per heavy atom. The van der Waals surface area contributed by atoms with E-state index in [-0.39, 0.29) is 29.0 Å². The monoisotopic (exact) mass is 464 g/mol. The summed E-state index contributed by atoms with van der Waals surface area (Å²) >= 11 is -1.06. The number of nitrogens with zero attached hydrogens (tertiary/aromatic N) is 2. The molecule has 172 valence electrons. The molecule has 0 saturated carbocycles. The third-order valence-corrected chi connectivity index (χ3v) is 6.46. The van der Waals surface area contributed by atoms with E-state index in [9.17, 15) is 9.66 Å². The summed E-state index contributed by atoms with van der Waals surface area (Å²) in [7, 11) is 0. The summed E-state index contributed by atoms with van der Waals surface area (Å²) < 4.78 is 12.2. The highest BCUT2D eigenvalue weighted by Gasteiger charge is 2.15. The van der Waals surface area contributed by atoms with E-state index >= 15 is 0 Å². The Kier molecular flexibility index (Phi) is 8.73. The lowest BCUT2D eigenvalue weighted by Gasteiger charge is -2.14. The highest BCUT2D eigenvalue weighted by Crippen LogP contribution is 2.22. The molecule has 0 fully saturated rings. The van der Waals surface area contributed by atoms with Crippen LogP contribution >= 0.6 is 0 Å². The Morgan fingerprint density at radius 2 is 1.82 bits per heavy atom. The first-order valence-corrected chi connectivity index (χ1v) is 11.8. The van der Waals surface area contributed by atoms with E-state index in [4.69, 9.17) is 10.5 Å². The minimum Gasteiger partial charge on any atom is -0.611 e. The summed E-state index contributed by atoms with van der Waals surface area (Å²) in [5.41, 5.74) is 3.47. The van der Waals surface area contributed by atoms with Crippen molar-refractivity contribution in [2.24, 2.45) is 0 Å². The first-order valence-electron chi connectivity index (χ1n) is 10.6. The van der Waals surface area contributed by atoms with Crippen molar-refractivity contribution in [1.82, 2.24) is 15.3 Å². The fourth-order valence-electron chi connectivity index (χ4n) is 3.07. The van der Waals surface area contributed by atoms with Crippen molar-refractivity contribution >= 4 is 22.6 Å². The molecule has 1 unspecified atom stereocenters. The van der Waals surface area contributed by atoms with Gasteiger partial charge in [-0.2, -0.15) is 0 Å². The predicted octanol–water partition coefficient (Wildman–Crippen LogP) is 3.71. The fraction of sp³-hybridized carbons (Fsp3) is 0.240. The highest BCUT2D eigenvalue weighted by atomic mass is 32.2. The molecule has 0 bridgehead atoms. The molecular weight excluding hydrogens is 436 g/mol. The van der Waals surface area contributed by atoms with Crippen LogP contribution in [0.5, 0.6) is 0 Å². The Morgan fingerprint density at radius 3 is 2.45 bits per heavy atom. The third-order valence-electron chi connectivity index (χ3n) is 4.87. The number of aromatic nitrogens is 2. The number of benzene rings is 2. The van der Waals surface area contributed by atoms with Gasteiger partial charge in [0.15, 0.2) is 4.90 Å². The lowest BCUT2D eigenvalue weighted by molar-refractivity contribution is 0.292. The molecule has 2 aromatic carbocycles. The summed E-state index contributed by atoms with van der Waals surface area (Å²) in [6.07, 6.45) is 4.39. The number of hydrogen-bond donors (Lipinski definition) is 4.